The number of hydrogen-bond acceptors (Lipinski definition) is 11. The summed E-state index contributed by atoms with van der Waals surface area (Å²) in [5.74, 6) is -0.911. The van der Waals surface area contributed by atoms with Gasteiger partial charge in [-0.3, -0.25) is 9.59 Å². The Kier molecular flexibility index (Phi) is 19.4. The first-order chi connectivity index (χ1) is 16.4. The fraction of sp³-hybridized carbons (Fsp3) is 0.850. The van der Waals surface area contributed by atoms with E-state index in [9.17, 15) is 14.4 Å². The first kappa shape index (κ1) is 32.4. The molecule has 0 spiro atoms. The van der Waals surface area contributed by atoms with E-state index in [0.29, 0.717) is 83.1 Å². The van der Waals surface area contributed by atoms with Crippen LogP contribution in [0.15, 0.2) is 0 Å². The molecule has 1 fully saturated rings. The van der Waals surface area contributed by atoms with E-state index >= 15 is 0 Å². The summed E-state index contributed by atoms with van der Waals surface area (Å²) in [7, 11) is 0. The Morgan fingerprint density at radius 3 is 2.06 bits per heavy atom. The van der Waals surface area contributed by atoms with Gasteiger partial charge in [0.2, 0.25) is 0 Å². The first-order valence-electron chi connectivity index (χ1n) is 11.5. The van der Waals surface area contributed by atoms with Crippen molar-refractivity contribution in [1.82, 2.24) is 5.06 Å². The van der Waals surface area contributed by atoms with Gasteiger partial charge in [0.1, 0.15) is 0 Å². The van der Waals surface area contributed by atoms with Gasteiger partial charge in [0.15, 0.2) is 0 Å². The van der Waals surface area contributed by atoms with Crippen LogP contribution >= 0.6 is 19.3 Å². The summed E-state index contributed by atoms with van der Waals surface area (Å²) >= 11 is 10.1. The molecule has 14 heteroatoms. The average Bonchev–Trinajstić information content (AvgIpc) is 3.13. The van der Waals surface area contributed by atoms with Crippen LogP contribution in [0.25, 0.3) is 0 Å². The fourth-order valence-corrected chi connectivity index (χ4v) is 5.39. The molecule has 34 heavy (non-hydrogen) atoms. The van der Waals surface area contributed by atoms with Crippen molar-refractivity contribution in [3.8, 4) is 0 Å². The van der Waals surface area contributed by atoms with Crippen LogP contribution in [0.5, 0.6) is 0 Å². The molecule has 1 heterocycles. The predicted molar refractivity (Wildman–Crippen MR) is 133 cm³/mol. The number of nitrogens with zero attached hydrogens (tertiary/aromatic N) is 1. The summed E-state index contributed by atoms with van der Waals surface area (Å²) < 4.78 is 27.5. The standard InChI is InChI=1S/C20H35NO9PS2.Tl/c22-11-13-26-14-15-28-31(33,29-16-17-32)27-12-7-5-3-1-2-4-6-8-20(25)30-21-18(23)9-10-19(21)24;/h32H,1-17H2;/q-1;+1. The second kappa shape index (κ2) is 20.4. The Balaban J connectivity index is 2.04. The Hall–Kier alpha value is 0.332. The first-order valence-corrected chi connectivity index (χ1v) is 16.5. The van der Waals surface area contributed by atoms with Gasteiger partial charge < -0.3 is 4.84 Å². The van der Waals surface area contributed by atoms with Crippen LogP contribution in [0.4, 0.5) is 0 Å². The summed E-state index contributed by atoms with van der Waals surface area (Å²) in [6.45, 7) is -0.105. The Labute approximate surface area is 229 Å². The van der Waals surface area contributed by atoms with E-state index in [1.165, 1.54) is 0 Å². The molecular formula is C20H35NO9PS2Tl. The van der Waals surface area contributed by atoms with Gasteiger partial charge >= 0.3 is 143 Å². The number of rotatable bonds is 22. The van der Waals surface area contributed by atoms with Crippen molar-refractivity contribution >= 4 is 75.2 Å². The van der Waals surface area contributed by atoms with E-state index in [0.717, 1.165) is 38.5 Å². The number of carbonyl (C=O) groups excluding carboxylic acids is 3. The SMILES string of the molecule is O=C(CCCCCCCCCOP(=S)(OCCS)OCCOCC[O][Tl])ON1C(=O)CCC1=O. The van der Waals surface area contributed by atoms with Crippen molar-refractivity contribution in [3.05, 3.63) is 0 Å². The molecule has 0 aliphatic carbocycles. The van der Waals surface area contributed by atoms with Gasteiger partial charge in [0.25, 0.3) is 11.8 Å². The molecule has 0 bridgehead atoms. The van der Waals surface area contributed by atoms with Crippen LogP contribution in [0.3, 0.4) is 0 Å². The third kappa shape index (κ3) is 15.4. The van der Waals surface area contributed by atoms with Crippen LogP contribution in [0, 0.1) is 0 Å². The maximum Gasteiger partial charge on any atom is 0.264 e. The smallest absolute Gasteiger partial charge is 0.264 e. The molecular weight excluding hydrogens is 698 g/mol. The van der Waals surface area contributed by atoms with Crippen molar-refractivity contribution in [2.45, 2.75) is 64.2 Å². The molecule has 1 rings (SSSR count). The Morgan fingerprint density at radius 1 is 0.853 bits per heavy atom. The summed E-state index contributed by atoms with van der Waals surface area (Å²) in [5, 5.41) is 0.594. The number of thiol groups is 1. The molecule has 0 aromatic carbocycles. The number of carbonyl (C=O) groups is 3. The number of hydroxylamine groups is 2. The van der Waals surface area contributed by atoms with Crippen LogP contribution in [-0.4, -0.2) is 94.5 Å². The number of unbranched alkanes of at least 4 members (excludes halogenated alkanes) is 6. The van der Waals surface area contributed by atoms with Crippen molar-refractivity contribution in [1.29, 1.82) is 0 Å². The minimum absolute atomic E-state index is 0.105. The maximum absolute atomic E-state index is 11.7. The zero-order chi connectivity index (χ0) is 25.1. The molecule has 1 aliphatic heterocycles. The largest absolute Gasteiger partial charge is 0.330 e. The van der Waals surface area contributed by atoms with Crippen molar-refractivity contribution in [2.75, 3.05) is 45.4 Å². The van der Waals surface area contributed by atoms with Crippen LogP contribution in [-0.2, 0) is 52.0 Å². The van der Waals surface area contributed by atoms with E-state index in [4.69, 9.17) is 37.6 Å². The molecule has 1 unspecified atom stereocenters. The van der Waals surface area contributed by atoms with E-state index in [1.807, 2.05) is 0 Å². The van der Waals surface area contributed by atoms with Crippen molar-refractivity contribution in [3.63, 3.8) is 0 Å². The molecule has 2 amide bonds. The van der Waals surface area contributed by atoms with Gasteiger partial charge in [-0.1, -0.05) is 25.7 Å². The van der Waals surface area contributed by atoms with Gasteiger partial charge in [-0.15, -0.1) is 5.06 Å². The summed E-state index contributed by atoms with van der Waals surface area (Å²) in [6, 6.07) is 0. The van der Waals surface area contributed by atoms with Crippen LogP contribution in [0.2, 0.25) is 0 Å². The maximum atomic E-state index is 11.7. The molecule has 194 valence electrons. The molecule has 1 saturated heterocycles. The fourth-order valence-electron chi connectivity index (χ4n) is 2.92. The van der Waals surface area contributed by atoms with E-state index in [-0.39, 0.29) is 19.3 Å². The summed E-state index contributed by atoms with van der Waals surface area (Å²) in [5.41, 5.74) is 0. The van der Waals surface area contributed by atoms with Crippen molar-refractivity contribution in [2.24, 2.45) is 0 Å². The topological polar surface area (TPSA) is 110 Å². The molecule has 0 aromatic rings. The van der Waals surface area contributed by atoms with E-state index in [1.54, 1.807) is 0 Å². The zero-order valence-electron chi connectivity index (χ0n) is 19.5. The molecule has 0 N–H and O–H groups in total. The Bertz CT molecular complexity index is 644. The monoisotopic (exact) mass is 733 g/mol. The summed E-state index contributed by atoms with van der Waals surface area (Å²) in [6.07, 6.45) is 6.88. The zero-order valence-corrected chi connectivity index (χ0v) is 26.6. The molecule has 1 atom stereocenters. The second-order valence-corrected chi connectivity index (χ2v) is 12.2. The Morgan fingerprint density at radius 2 is 1.41 bits per heavy atom. The molecule has 0 aromatic heterocycles. The van der Waals surface area contributed by atoms with Gasteiger partial charge in [-0.05, 0) is 6.42 Å². The average molecular weight is 733 g/mol. The number of ether oxygens (including phenoxy) is 1. The molecule has 0 saturated carbocycles. The number of imide groups is 1. The van der Waals surface area contributed by atoms with Gasteiger partial charge in [0, 0.05) is 19.3 Å². The predicted octanol–water partition coefficient (Wildman–Crippen LogP) is 3.04. The third-order valence-corrected chi connectivity index (χ3v) is 8.18. The molecule has 1 aliphatic rings. The second-order valence-electron chi connectivity index (χ2n) is 7.42. The number of hydrogen-bond donors (Lipinski definition) is 1. The van der Waals surface area contributed by atoms with E-state index in [2.05, 4.69) is 12.6 Å². The van der Waals surface area contributed by atoms with Crippen LogP contribution < -0.4 is 0 Å². The van der Waals surface area contributed by atoms with Gasteiger partial charge in [0.05, 0.1) is 0 Å². The summed E-state index contributed by atoms with van der Waals surface area (Å²) in [4.78, 5) is 39.4. The van der Waals surface area contributed by atoms with Crippen molar-refractivity contribution < 1.29 is 40.2 Å². The molecule has 10 nitrogen and oxygen atoms in total. The van der Waals surface area contributed by atoms with Crippen LogP contribution in [0.1, 0.15) is 64.2 Å². The van der Waals surface area contributed by atoms with Gasteiger partial charge in [-0.25, -0.2) is 4.79 Å². The van der Waals surface area contributed by atoms with Gasteiger partial charge in [-0.2, -0.15) is 0 Å². The normalized spacial score (nSPS) is 15.6. The minimum atomic E-state index is -2.80. The third-order valence-electron chi connectivity index (χ3n) is 4.64. The molecule has 0 radical (unpaired) electrons. The van der Waals surface area contributed by atoms with E-state index < -0.39 is 24.5 Å². The quantitative estimate of drug-likeness (QED) is 0.0587. The number of amides is 2. The minimum Gasteiger partial charge on any atom is -0.330 e.